The quantitative estimate of drug-likeness (QED) is 0.915. The Kier molecular flexibility index (Phi) is 4.71. The maximum Gasteiger partial charge on any atom is 0.274 e. The van der Waals surface area contributed by atoms with E-state index in [0.29, 0.717) is 12.2 Å². The molecule has 0 aliphatic carbocycles. The number of aromatic nitrogens is 2. The fourth-order valence-corrected chi connectivity index (χ4v) is 2.99. The number of nitrogens with one attached hydrogen (secondary N) is 1. The lowest BCUT2D eigenvalue weighted by Crippen LogP contribution is -2.41. The fraction of sp³-hybridized carbons (Fsp3) is 0.353. The van der Waals surface area contributed by atoms with E-state index in [1.807, 2.05) is 7.05 Å². The Labute approximate surface area is 138 Å². The zero-order valence-electron chi connectivity index (χ0n) is 13.4. The second kappa shape index (κ2) is 6.92. The maximum atomic E-state index is 13.1. The number of likely N-dealkylation sites (tertiary alicyclic amines) is 1. The van der Waals surface area contributed by atoms with Crippen LogP contribution in [0.2, 0.25) is 0 Å². The summed E-state index contributed by atoms with van der Waals surface area (Å²) in [4.78, 5) is 26.6. The van der Waals surface area contributed by atoms with Crippen LogP contribution >= 0.6 is 0 Å². The first-order valence-electron chi connectivity index (χ1n) is 7.92. The van der Waals surface area contributed by atoms with Crippen LogP contribution in [0.15, 0.2) is 41.2 Å². The Morgan fingerprint density at radius 2 is 2.04 bits per heavy atom. The van der Waals surface area contributed by atoms with Gasteiger partial charge < -0.3 is 10.2 Å². The lowest BCUT2D eigenvalue weighted by atomic mass is 10.2. The van der Waals surface area contributed by atoms with Crippen LogP contribution in [0.5, 0.6) is 0 Å². The number of nitrogens with zero attached hydrogens (tertiary/aromatic N) is 3. The molecule has 1 aromatic heterocycles. The third-order valence-electron chi connectivity index (χ3n) is 4.17. The smallest absolute Gasteiger partial charge is 0.274 e. The van der Waals surface area contributed by atoms with Crippen LogP contribution in [0.3, 0.4) is 0 Å². The molecule has 7 heteroatoms. The van der Waals surface area contributed by atoms with Crippen LogP contribution in [0, 0.1) is 5.82 Å². The number of benzene rings is 1. The number of rotatable bonds is 4. The van der Waals surface area contributed by atoms with Gasteiger partial charge in [-0.05, 0) is 50.2 Å². The first kappa shape index (κ1) is 16.3. The molecule has 1 N–H and O–H groups in total. The molecule has 1 amide bonds. The SMILES string of the molecule is CNC[C@@H]1CCCN1C(=O)c1ccc(=O)n(-c2ccc(F)cc2)n1. The van der Waals surface area contributed by atoms with Gasteiger partial charge in [0.05, 0.1) is 5.69 Å². The van der Waals surface area contributed by atoms with Crippen molar-refractivity contribution in [3.8, 4) is 5.69 Å². The van der Waals surface area contributed by atoms with Crippen LogP contribution in [0.25, 0.3) is 5.69 Å². The van der Waals surface area contributed by atoms with E-state index in [4.69, 9.17) is 0 Å². The van der Waals surface area contributed by atoms with Crippen molar-refractivity contribution in [3.63, 3.8) is 0 Å². The third-order valence-corrected chi connectivity index (χ3v) is 4.17. The predicted molar refractivity (Wildman–Crippen MR) is 87.8 cm³/mol. The molecular formula is C17H19FN4O2. The van der Waals surface area contributed by atoms with E-state index < -0.39 is 5.82 Å². The number of carbonyl (C=O) groups is 1. The Morgan fingerprint density at radius 3 is 2.75 bits per heavy atom. The summed E-state index contributed by atoms with van der Waals surface area (Å²) < 4.78 is 14.2. The molecule has 1 aromatic carbocycles. The van der Waals surface area contributed by atoms with Gasteiger partial charge in [-0.2, -0.15) is 9.78 Å². The fourth-order valence-electron chi connectivity index (χ4n) is 2.99. The van der Waals surface area contributed by atoms with Crippen LogP contribution in [-0.4, -0.2) is 46.8 Å². The summed E-state index contributed by atoms with van der Waals surface area (Å²) in [5.41, 5.74) is 0.262. The third kappa shape index (κ3) is 3.21. The minimum atomic E-state index is -0.397. The minimum absolute atomic E-state index is 0.135. The molecule has 1 fully saturated rings. The zero-order valence-corrected chi connectivity index (χ0v) is 13.4. The number of hydrogen-bond acceptors (Lipinski definition) is 4. The molecular weight excluding hydrogens is 311 g/mol. The average Bonchev–Trinajstić information content (AvgIpc) is 3.04. The van der Waals surface area contributed by atoms with Gasteiger partial charge in [0.15, 0.2) is 0 Å². The highest BCUT2D eigenvalue weighted by molar-refractivity contribution is 5.92. The largest absolute Gasteiger partial charge is 0.333 e. The predicted octanol–water partition coefficient (Wildman–Crippen LogP) is 1.20. The van der Waals surface area contributed by atoms with Gasteiger partial charge in [-0.3, -0.25) is 9.59 Å². The second-order valence-electron chi connectivity index (χ2n) is 5.80. The van der Waals surface area contributed by atoms with Crippen molar-refractivity contribution in [2.45, 2.75) is 18.9 Å². The summed E-state index contributed by atoms with van der Waals surface area (Å²) in [5.74, 6) is -0.588. The van der Waals surface area contributed by atoms with Crippen molar-refractivity contribution in [1.82, 2.24) is 20.0 Å². The number of halogens is 1. The molecule has 24 heavy (non-hydrogen) atoms. The summed E-state index contributed by atoms with van der Waals surface area (Å²) in [5, 5.41) is 7.27. The Morgan fingerprint density at radius 1 is 1.29 bits per heavy atom. The molecule has 0 saturated carbocycles. The number of amides is 1. The molecule has 2 heterocycles. The van der Waals surface area contributed by atoms with Crippen molar-refractivity contribution in [2.75, 3.05) is 20.1 Å². The Balaban J connectivity index is 1.92. The van der Waals surface area contributed by atoms with E-state index in [2.05, 4.69) is 10.4 Å². The van der Waals surface area contributed by atoms with Gasteiger partial charge in [0.1, 0.15) is 11.5 Å². The van der Waals surface area contributed by atoms with E-state index in [9.17, 15) is 14.0 Å². The topological polar surface area (TPSA) is 67.2 Å². The second-order valence-corrected chi connectivity index (χ2v) is 5.80. The number of likely N-dealkylation sites (N-methyl/N-ethyl adjacent to an activating group) is 1. The van der Waals surface area contributed by atoms with E-state index in [1.54, 1.807) is 4.90 Å². The molecule has 0 spiro atoms. The molecule has 126 valence electrons. The molecule has 0 bridgehead atoms. The van der Waals surface area contributed by atoms with Gasteiger partial charge in [0.25, 0.3) is 11.5 Å². The van der Waals surface area contributed by atoms with Gasteiger partial charge >= 0.3 is 0 Å². The molecule has 1 atom stereocenters. The van der Waals surface area contributed by atoms with E-state index in [0.717, 1.165) is 24.1 Å². The lowest BCUT2D eigenvalue weighted by Gasteiger charge is -2.24. The van der Waals surface area contributed by atoms with Crippen LogP contribution in [0.1, 0.15) is 23.3 Å². The van der Waals surface area contributed by atoms with E-state index in [-0.39, 0.29) is 23.2 Å². The van der Waals surface area contributed by atoms with Crippen molar-refractivity contribution >= 4 is 5.91 Å². The molecule has 0 radical (unpaired) electrons. The molecule has 0 unspecified atom stereocenters. The molecule has 2 aromatic rings. The summed E-state index contributed by atoms with van der Waals surface area (Å²) in [6.07, 6.45) is 1.90. The lowest BCUT2D eigenvalue weighted by molar-refractivity contribution is 0.0729. The summed E-state index contributed by atoms with van der Waals surface area (Å²) in [6, 6.07) is 8.31. The first-order valence-corrected chi connectivity index (χ1v) is 7.92. The Bertz CT molecular complexity index is 788. The standard InChI is InChI=1S/C17H19FN4O2/c1-19-11-14-3-2-10-21(14)17(24)15-8-9-16(23)22(20-15)13-6-4-12(18)5-7-13/h4-9,14,19H,2-3,10-11H2,1H3/t14-/m0/s1. The van der Waals surface area contributed by atoms with Crippen LogP contribution < -0.4 is 10.9 Å². The first-order chi connectivity index (χ1) is 11.6. The average molecular weight is 330 g/mol. The molecule has 1 aliphatic rings. The highest BCUT2D eigenvalue weighted by Gasteiger charge is 2.29. The summed E-state index contributed by atoms with van der Waals surface area (Å²) >= 11 is 0. The number of carbonyl (C=O) groups excluding carboxylic acids is 1. The number of hydrogen-bond donors (Lipinski definition) is 1. The minimum Gasteiger partial charge on any atom is -0.333 e. The van der Waals surface area contributed by atoms with Crippen LogP contribution in [-0.2, 0) is 0 Å². The van der Waals surface area contributed by atoms with Gasteiger partial charge in [-0.25, -0.2) is 4.39 Å². The van der Waals surface area contributed by atoms with Crippen molar-refractivity contribution < 1.29 is 9.18 Å². The molecule has 1 saturated heterocycles. The van der Waals surface area contributed by atoms with Crippen molar-refractivity contribution in [2.24, 2.45) is 0 Å². The van der Waals surface area contributed by atoms with Gasteiger partial charge in [-0.15, -0.1) is 0 Å². The molecule has 1 aliphatic heterocycles. The Hall–Kier alpha value is -2.54. The van der Waals surface area contributed by atoms with E-state index >= 15 is 0 Å². The molecule has 6 nitrogen and oxygen atoms in total. The van der Waals surface area contributed by atoms with E-state index in [1.165, 1.54) is 36.4 Å². The highest BCUT2D eigenvalue weighted by atomic mass is 19.1. The van der Waals surface area contributed by atoms with Gasteiger partial charge in [-0.1, -0.05) is 0 Å². The molecule has 3 rings (SSSR count). The van der Waals surface area contributed by atoms with Crippen LogP contribution in [0.4, 0.5) is 4.39 Å². The maximum absolute atomic E-state index is 13.1. The van der Waals surface area contributed by atoms with Crippen molar-refractivity contribution in [3.05, 3.63) is 58.3 Å². The van der Waals surface area contributed by atoms with Gasteiger partial charge in [0, 0.05) is 25.2 Å². The van der Waals surface area contributed by atoms with Crippen molar-refractivity contribution in [1.29, 1.82) is 0 Å². The van der Waals surface area contributed by atoms with Gasteiger partial charge in [0.2, 0.25) is 0 Å². The zero-order chi connectivity index (χ0) is 17.1. The summed E-state index contributed by atoms with van der Waals surface area (Å²) in [7, 11) is 1.86. The monoisotopic (exact) mass is 330 g/mol. The highest BCUT2D eigenvalue weighted by Crippen LogP contribution is 2.19. The summed E-state index contributed by atoms with van der Waals surface area (Å²) in [6.45, 7) is 1.41. The normalized spacial score (nSPS) is 17.2.